The predicted molar refractivity (Wildman–Crippen MR) is 150 cm³/mol. The van der Waals surface area contributed by atoms with Crippen molar-refractivity contribution in [2.24, 2.45) is 17.3 Å². The first kappa shape index (κ1) is 41.9. The van der Waals surface area contributed by atoms with Gasteiger partial charge in [-0.05, 0) is 24.7 Å². The van der Waals surface area contributed by atoms with Crippen molar-refractivity contribution >= 4 is 17.2 Å². The second kappa shape index (κ2) is 29.4. The SMILES string of the molecule is CC(C)CCCCCCCOC(CCCCCCCC(C)C)C(CO)(CO)CO.OP(O)O.OP(O)O. The fraction of sp³-hybridized carbons (Fsp3) is 1.00. The lowest BCUT2D eigenvalue weighted by molar-refractivity contribution is -0.117. The summed E-state index contributed by atoms with van der Waals surface area (Å²) in [7, 11) is -5.24. The van der Waals surface area contributed by atoms with E-state index in [2.05, 4.69) is 27.7 Å². The highest BCUT2D eigenvalue weighted by Gasteiger charge is 2.38. The molecule has 0 amide bonds. The standard InChI is InChI=1S/C25H52O4.2H3O3P/c1-22(2)15-11-7-5-9-13-17-24(25(19-26,20-27)21-28)29-18-14-10-6-8-12-16-23(3)4;2*1-4(2)3/h22-24,26-28H,5-21H2,1-4H3;2*1-3H. The molecule has 0 radical (unpaired) electrons. The molecular weight excluding hydrogens is 522 g/mol. The molecule has 37 heavy (non-hydrogen) atoms. The molecule has 0 aromatic heterocycles. The van der Waals surface area contributed by atoms with E-state index in [1.54, 1.807) is 0 Å². The quantitative estimate of drug-likeness (QED) is 0.0705. The molecule has 10 nitrogen and oxygen atoms in total. The van der Waals surface area contributed by atoms with Crippen molar-refractivity contribution in [3.63, 3.8) is 0 Å². The van der Waals surface area contributed by atoms with Gasteiger partial charge in [0.1, 0.15) is 0 Å². The van der Waals surface area contributed by atoms with Crippen LogP contribution in [0.3, 0.4) is 0 Å². The van der Waals surface area contributed by atoms with Crippen LogP contribution in [0.2, 0.25) is 0 Å². The molecule has 0 heterocycles. The monoisotopic (exact) mass is 580 g/mol. The molecule has 0 bridgehead atoms. The third-order valence-electron chi connectivity index (χ3n) is 6.12. The fourth-order valence-electron chi connectivity index (χ4n) is 3.84. The van der Waals surface area contributed by atoms with Gasteiger partial charge in [0.15, 0.2) is 0 Å². The summed E-state index contributed by atoms with van der Waals surface area (Å²) < 4.78 is 6.10. The molecule has 0 aliphatic heterocycles. The van der Waals surface area contributed by atoms with Crippen molar-refractivity contribution in [1.82, 2.24) is 0 Å². The van der Waals surface area contributed by atoms with Gasteiger partial charge in [0.05, 0.1) is 31.3 Å². The Morgan fingerprint density at radius 1 is 0.514 bits per heavy atom. The molecule has 0 aromatic rings. The lowest BCUT2D eigenvalue weighted by Crippen LogP contribution is -2.46. The zero-order valence-electron chi connectivity index (χ0n) is 23.6. The minimum atomic E-state index is -2.62. The summed E-state index contributed by atoms with van der Waals surface area (Å²) in [5.74, 6) is 1.57. The van der Waals surface area contributed by atoms with E-state index in [4.69, 9.17) is 34.1 Å². The molecule has 228 valence electrons. The smallest absolute Gasteiger partial charge is 0.324 e. The Morgan fingerprint density at radius 2 is 0.811 bits per heavy atom. The summed E-state index contributed by atoms with van der Waals surface area (Å²) in [6, 6.07) is 0. The number of rotatable bonds is 21. The molecule has 0 fully saturated rings. The van der Waals surface area contributed by atoms with Gasteiger partial charge in [-0.15, -0.1) is 0 Å². The van der Waals surface area contributed by atoms with E-state index in [0.29, 0.717) is 6.61 Å². The summed E-state index contributed by atoms with van der Waals surface area (Å²) in [4.78, 5) is 43.4. The van der Waals surface area contributed by atoms with Gasteiger partial charge >= 0.3 is 17.2 Å². The highest BCUT2D eigenvalue weighted by atomic mass is 31.2. The normalized spacial score (nSPS) is 12.6. The van der Waals surface area contributed by atoms with Gasteiger partial charge in [-0.3, -0.25) is 0 Å². The Bertz CT molecular complexity index is 420. The van der Waals surface area contributed by atoms with Gasteiger partial charge in [-0.25, -0.2) is 0 Å². The second-order valence-electron chi connectivity index (χ2n) is 10.4. The van der Waals surface area contributed by atoms with E-state index < -0.39 is 22.6 Å². The van der Waals surface area contributed by atoms with Gasteiger partial charge in [0.25, 0.3) is 0 Å². The molecular formula is C25H58O10P2. The number of unbranched alkanes of at least 4 members (excludes halogenated alkanes) is 8. The van der Waals surface area contributed by atoms with Crippen LogP contribution in [-0.2, 0) is 4.74 Å². The first-order valence-corrected chi connectivity index (χ1v) is 16.0. The Morgan fingerprint density at radius 3 is 1.14 bits per heavy atom. The maximum atomic E-state index is 9.82. The molecule has 0 saturated carbocycles. The van der Waals surface area contributed by atoms with E-state index in [1.807, 2.05) is 0 Å². The molecule has 0 rings (SSSR count). The third kappa shape index (κ3) is 32.6. The van der Waals surface area contributed by atoms with Crippen molar-refractivity contribution in [1.29, 1.82) is 0 Å². The molecule has 1 unspecified atom stereocenters. The van der Waals surface area contributed by atoms with E-state index in [0.717, 1.165) is 43.9 Å². The fourth-order valence-corrected chi connectivity index (χ4v) is 3.84. The van der Waals surface area contributed by atoms with Crippen LogP contribution in [0.5, 0.6) is 0 Å². The van der Waals surface area contributed by atoms with Crippen LogP contribution in [-0.4, -0.2) is 77.2 Å². The second-order valence-corrected chi connectivity index (χ2v) is 11.5. The first-order valence-electron chi connectivity index (χ1n) is 13.6. The highest BCUT2D eigenvalue weighted by Crippen LogP contribution is 2.28. The zero-order chi connectivity index (χ0) is 29.1. The van der Waals surface area contributed by atoms with Crippen LogP contribution in [0.4, 0.5) is 0 Å². The van der Waals surface area contributed by atoms with Crippen LogP contribution in [0.15, 0.2) is 0 Å². The number of hydrogen-bond acceptors (Lipinski definition) is 10. The highest BCUT2D eigenvalue weighted by molar-refractivity contribution is 7.38. The average molecular weight is 581 g/mol. The predicted octanol–water partition coefficient (Wildman–Crippen LogP) is 4.10. The number of ether oxygens (including phenoxy) is 1. The summed E-state index contributed by atoms with van der Waals surface area (Å²) in [6.45, 7) is 9.00. The molecule has 0 spiro atoms. The third-order valence-corrected chi connectivity index (χ3v) is 6.12. The van der Waals surface area contributed by atoms with Crippen molar-refractivity contribution in [3.8, 4) is 0 Å². The summed E-state index contributed by atoms with van der Waals surface area (Å²) in [5.41, 5.74) is -0.936. The van der Waals surface area contributed by atoms with E-state index >= 15 is 0 Å². The zero-order valence-corrected chi connectivity index (χ0v) is 25.4. The van der Waals surface area contributed by atoms with Crippen LogP contribution in [0, 0.1) is 17.3 Å². The lowest BCUT2D eigenvalue weighted by atomic mass is 9.81. The Hall–Kier alpha value is 0.460. The van der Waals surface area contributed by atoms with Crippen molar-refractivity contribution in [2.45, 2.75) is 117 Å². The molecule has 0 aromatic carbocycles. The van der Waals surface area contributed by atoms with Crippen molar-refractivity contribution < 1.29 is 49.4 Å². The summed E-state index contributed by atoms with van der Waals surface area (Å²) in [5, 5.41) is 29.4. The first-order chi connectivity index (χ1) is 17.4. The molecule has 0 aliphatic carbocycles. The van der Waals surface area contributed by atoms with Gasteiger partial charge in [0, 0.05) is 6.61 Å². The number of hydrogen-bond donors (Lipinski definition) is 9. The number of aliphatic hydroxyl groups is 3. The molecule has 9 N–H and O–H groups in total. The van der Waals surface area contributed by atoms with E-state index in [1.165, 1.54) is 51.4 Å². The van der Waals surface area contributed by atoms with E-state index in [-0.39, 0.29) is 25.9 Å². The molecule has 12 heteroatoms. The molecule has 1 atom stereocenters. The molecule has 0 saturated heterocycles. The van der Waals surface area contributed by atoms with Gasteiger partial charge in [-0.2, -0.15) is 0 Å². The largest absolute Gasteiger partial charge is 0.396 e. The van der Waals surface area contributed by atoms with Gasteiger partial charge in [-0.1, -0.05) is 98.3 Å². The number of aliphatic hydroxyl groups excluding tert-OH is 3. The maximum absolute atomic E-state index is 9.82. The van der Waals surface area contributed by atoms with Crippen LogP contribution >= 0.6 is 17.2 Å². The summed E-state index contributed by atoms with van der Waals surface area (Å²) >= 11 is 0. The average Bonchev–Trinajstić information content (AvgIpc) is 2.79. The summed E-state index contributed by atoms with van der Waals surface area (Å²) in [6.07, 6.45) is 15.1. The Labute approximate surface area is 227 Å². The lowest BCUT2D eigenvalue weighted by Gasteiger charge is -2.36. The van der Waals surface area contributed by atoms with Crippen molar-refractivity contribution in [3.05, 3.63) is 0 Å². The van der Waals surface area contributed by atoms with Gasteiger partial charge in [0.2, 0.25) is 0 Å². The minimum absolute atomic E-state index is 0.242. The van der Waals surface area contributed by atoms with Crippen LogP contribution in [0.25, 0.3) is 0 Å². The van der Waals surface area contributed by atoms with Gasteiger partial charge < -0.3 is 49.4 Å². The Balaban J connectivity index is -0.00000125. The van der Waals surface area contributed by atoms with Crippen molar-refractivity contribution in [2.75, 3.05) is 26.4 Å². The van der Waals surface area contributed by atoms with E-state index in [9.17, 15) is 15.3 Å². The molecule has 0 aliphatic rings. The Kier molecular flexibility index (Phi) is 33.4. The maximum Gasteiger partial charge on any atom is 0.324 e. The van der Waals surface area contributed by atoms with Crippen LogP contribution < -0.4 is 0 Å². The van der Waals surface area contributed by atoms with Crippen LogP contribution in [0.1, 0.15) is 111 Å². The topological polar surface area (TPSA) is 191 Å². The minimum Gasteiger partial charge on any atom is -0.396 e.